The van der Waals surface area contributed by atoms with Crippen LogP contribution in [0.5, 0.6) is 17.2 Å². The van der Waals surface area contributed by atoms with Gasteiger partial charge in [-0.05, 0) is 114 Å². The third-order valence-electron chi connectivity index (χ3n) is 4.07. The predicted octanol–water partition coefficient (Wildman–Crippen LogP) is 5.53. The highest BCUT2D eigenvalue weighted by Gasteiger charge is 2.25. The van der Waals surface area contributed by atoms with Crippen LogP contribution in [0.4, 0.5) is 4.79 Å². The van der Waals surface area contributed by atoms with Gasteiger partial charge >= 0.3 is 12.1 Å². The zero-order chi connectivity index (χ0) is 23.3. The SMILES string of the molecule is COc1ccc(Oc2c(I)cc(C[C@H](NC(=O)OC(C)(C)C)C(=O)O)cc2I)cc1C. The van der Waals surface area contributed by atoms with Crippen LogP contribution in [0.1, 0.15) is 31.9 Å². The van der Waals surface area contributed by atoms with Gasteiger partial charge < -0.3 is 24.6 Å². The van der Waals surface area contributed by atoms with E-state index >= 15 is 0 Å². The summed E-state index contributed by atoms with van der Waals surface area (Å²) in [7, 11) is 1.62. The number of methoxy groups -OCH3 is 1. The van der Waals surface area contributed by atoms with Crippen LogP contribution in [0, 0.1) is 14.1 Å². The Kier molecular flexibility index (Phi) is 8.81. The van der Waals surface area contributed by atoms with Crippen molar-refractivity contribution in [3.8, 4) is 17.2 Å². The molecule has 168 valence electrons. The highest BCUT2D eigenvalue weighted by molar-refractivity contribution is 14.1. The summed E-state index contributed by atoms with van der Waals surface area (Å²) in [4.78, 5) is 23.7. The standard InChI is InChI=1S/C22H25I2NO6/c1-12-8-14(6-7-18(12)29-5)30-19-15(23)9-13(10-16(19)24)11-17(20(26)27)25-21(28)31-22(2,3)4/h6-10,17H,11H2,1-5H3,(H,25,28)(H,26,27)/t17-/m0/s1. The molecule has 9 heteroatoms. The van der Waals surface area contributed by atoms with Gasteiger partial charge in [-0.2, -0.15) is 0 Å². The Hall–Kier alpha value is -1.76. The number of aryl methyl sites for hydroxylation is 1. The van der Waals surface area contributed by atoms with E-state index in [2.05, 4.69) is 50.5 Å². The highest BCUT2D eigenvalue weighted by Crippen LogP contribution is 2.34. The number of hydrogen-bond acceptors (Lipinski definition) is 5. The topological polar surface area (TPSA) is 94.1 Å². The Morgan fingerprint density at radius 1 is 1.13 bits per heavy atom. The molecule has 7 nitrogen and oxygen atoms in total. The van der Waals surface area contributed by atoms with E-state index in [1.54, 1.807) is 27.9 Å². The molecule has 0 spiro atoms. The number of rotatable bonds is 7. The summed E-state index contributed by atoms with van der Waals surface area (Å²) in [6, 6.07) is 8.15. The van der Waals surface area contributed by atoms with Gasteiger partial charge in [-0.25, -0.2) is 9.59 Å². The van der Waals surface area contributed by atoms with Crippen LogP contribution < -0.4 is 14.8 Å². The van der Waals surface area contributed by atoms with Gasteiger partial charge in [0.05, 0.1) is 14.3 Å². The van der Waals surface area contributed by atoms with Crippen LogP contribution >= 0.6 is 45.2 Å². The molecule has 0 radical (unpaired) electrons. The van der Waals surface area contributed by atoms with Crippen molar-refractivity contribution in [1.29, 1.82) is 0 Å². The van der Waals surface area contributed by atoms with Gasteiger partial charge in [0.1, 0.15) is 23.1 Å². The fourth-order valence-corrected chi connectivity index (χ4v) is 4.86. The second-order valence-electron chi connectivity index (χ2n) is 7.86. The molecule has 0 aromatic heterocycles. The molecule has 1 amide bonds. The van der Waals surface area contributed by atoms with Crippen LogP contribution in [0.2, 0.25) is 0 Å². The molecule has 2 N–H and O–H groups in total. The molecule has 2 rings (SSSR count). The Morgan fingerprint density at radius 2 is 1.74 bits per heavy atom. The molecular formula is C22H25I2NO6. The van der Waals surface area contributed by atoms with E-state index in [-0.39, 0.29) is 6.42 Å². The fraction of sp³-hybridized carbons (Fsp3) is 0.364. The second kappa shape index (κ2) is 10.7. The van der Waals surface area contributed by atoms with Gasteiger partial charge in [0.15, 0.2) is 5.75 Å². The van der Waals surface area contributed by atoms with Crippen LogP contribution in [0.15, 0.2) is 30.3 Å². The minimum atomic E-state index is -1.13. The lowest BCUT2D eigenvalue weighted by Gasteiger charge is -2.22. The summed E-state index contributed by atoms with van der Waals surface area (Å²) < 4.78 is 18.2. The van der Waals surface area contributed by atoms with E-state index in [1.807, 2.05) is 37.3 Å². The number of carbonyl (C=O) groups is 2. The molecule has 0 aliphatic carbocycles. The Bertz CT molecular complexity index is 948. The van der Waals surface area contributed by atoms with E-state index < -0.39 is 23.7 Å². The number of carboxylic acid groups (broad SMARTS) is 1. The molecular weight excluding hydrogens is 628 g/mol. The molecule has 31 heavy (non-hydrogen) atoms. The predicted molar refractivity (Wildman–Crippen MR) is 134 cm³/mol. The first-order chi connectivity index (χ1) is 14.4. The van der Waals surface area contributed by atoms with Crippen LogP contribution in [-0.2, 0) is 16.0 Å². The third kappa shape index (κ3) is 7.70. The van der Waals surface area contributed by atoms with Crippen molar-refractivity contribution in [2.24, 2.45) is 0 Å². The average molecular weight is 653 g/mol. The van der Waals surface area contributed by atoms with Crippen molar-refractivity contribution < 1.29 is 28.9 Å². The van der Waals surface area contributed by atoms with Gasteiger partial charge in [0.25, 0.3) is 0 Å². The maximum Gasteiger partial charge on any atom is 0.408 e. The van der Waals surface area contributed by atoms with Crippen molar-refractivity contribution in [3.63, 3.8) is 0 Å². The fourth-order valence-electron chi connectivity index (χ4n) is 2.75. The van der Waals surface area contributed by atoms with Crippen molar-refractivity contribution in [2.45, 2.75) is 45.8 Å². The molecule has 0 bridgehead atoms. The van der Waals surface area contributed by atoms with Crippen LogP contribution in [-0.4, -0.2) is 35.9 Å². The van der Waals surface area contributed by atoms with Gasteiger partial charge in [-0.1, -0.05) is 0 Å². The lowest BCUT2D eigenvalue weighted by atomic mass is 10.1. The minimum Gasteiger partial charge on any atom is -0.496 e. The zero-order valence-electron chi connectivity index (χ0n) is 17.9. The van der Waals surface area contributed by atoms with E-state index in [9.17, 15) is 14.7 Å². The average Bonchev–Trinajstić information content (AvgIpc) is 2.62. The smallest absolute Gasteiger partial charge is 0.408 e. The molecule has 0 heterocycles. The van der Waals surface area contributed by atoms with Gasteiger partial charge in [0.2, 0.25) is 0 Å². The van der Waals surface area contributed by atoms with Gasteiger partial charge in [-0.3, -0.25) is 0 Å². The Labute approximate surface area is 209 Å². The number of benzene rings is 2. The van der Waals surface area contributed by atoms with Crippen molar-refractivity contribution in [2.75, 3.05) is 7.11 Å². The number of nitrogens with one attached hydrogen (secondary N) is 1. The Balaban J connectivity index is 2.18. The number of halogens is 2. The number of carboxylic acids is 1. The molecule has 0 saturated carbocycles. The maximum absolute atomic E-state index is 12.0. The molecule has 0 aliphatic heterocycles. The van der Waals surface area contributed by atoms with E-state index in [4.69, 9.17) is 14.2 Å². The van der Waals surface area contributed by atoms with Crippen molar-refractivity contribution >= 4 is 57.2 Å². The summed E-state index contributed by atoms with van der Waals surface area (Å²) in [6.07, 6.45) is -0.651. The first-order valence-corrected chi connectivity index (χ1v) is 11.6. The summed E-state index contributed by atoms with van der Waals surface area (Å²) in [6.45, 7) is 7.09. The Morgan fingerprint density at radius 3 is 2.23 bits per heavy atom. The van der Waals surface area contributed by atoms with E-state index in [1.165, 1.54) is 0 Å². The molecule has 2 aromatic rings. The molecule has 0 aliphatic rings. The summed E-state index contributed by atoms with van der Waals surface area (Å²) in [5.41, 5.74) is 1.01. The minimum absolute atomic E-state index is 0.114. The largest absolute Gasteiger partial charge is 0.496 e. The van der Waals surface area contributed by atoms with Crippen LogP contribution in [0.25, 0.3) is 0 Å². The van der Waals surface area contributed by atoms with Gasteiger partial charge in [-0.15, -0.1) is 0 Å². The first kappa shape index (κ1) is 25.5. The van der Waals surface area contributed by atoms with Crippen LogP contribution in [0.3, 0.4) is 0 Å². The molecule has 0 saturated heterocycles. The number of alkyl carbamates (subject to hydrolysis) is 1. The lowest BCUT2D eigenvalue weighted by molar-refractivity contribution is -0.139. The number of carbonyl (C=O) groups excluding carboxylic acids is 1. The zero-order valence-corrected chi connectivity index (χ0v) is 22.2. The molecule has 1 atom stereocenters. The first-order valence-electron chi connectivity index (χ1n) is 9.42. The molecule has 2 aromatic carbocycles. The molecule has 0 unspecified atom stereocenters. The number of amides is 1. The number of ether oxygens (including phenoxy) is 3. The van der Waals surface area contributed by atoms with Crippen molar-refractivity contribution in [3.05, 3.63) is 48.6 Å². The highest BCUT2D eigenvalue weighted by atomic mass is 127. The van der Waals surface area contributed by atoms with Gasteiger partial charge in [0, 0.05) is 6.42 Å². The summed E-state index contributed by atoms with van der Waals surface area (Å²) in [5.74, 6) is 1.01. The molecule has 0 fully saturated rings. The van der Waals surface area contributed by atoms with E-state index in [0.29, 0.717) is 11.5 Å². The normalized spacial score (nSPS) is 12.1. The third-order valence-corrected chi connectivity index (χ3v) is 5.68. The van der Waals surface area contributed by atoms with Crippen molar-refractivity contribution in [1.82, 2.24) is 5.32 Å². The second-order valence-corrected chi connectivity index (χ2v) is 10.2. The van der Waals surface area contributed by atoms with E-state index in [0.717, 1.165) is 24.0 Å². The number of aliphatic carboxylic acids is 1. The quantitative estimate of drug-likeness (QED) is 0.383. The number of hydrogen-bond donors (Lipinski definition) is 2. The summed E-state index contributed by atoms with van der Waals surface area (Å²) >= 11 is 4.31. The maximum atomic E-state index is 12.0. The summed E-state index contributed by atoms with van der Waals surface area (Å²) in [5, 5.41) is 12.0. The lowest BCUT2D eigenvalue weighted by Crippen LogP contribution is -2.44. The monoisotopic (exact) mass is 653 g/mol.